The van der Waals surface area contributed by atoms with E-state index in [4.69, 9.17) is 11.6 Å². The smallest absolute Gasteiger partial charge is 0.264 e. The summed E-state index contributed by atoms with van der Waals surface area (Å²) in [5.74, 6) is 0.343. The molecule has 4 rings (SSSR count). The SMILES string of the molecule is Cc1c(Cl)cccc1N(CC(=O)Nc1ccc(CSc2ccccc2)cc1)S(=O)(=O)c1ccccc1. The molecule has 5 nitrogen and oxygen atoms in total. The van der Waals surface area contributed by atoms with Crippen molar-refractivity contribution in [3.63, 3.8) is 0 Å². The number of benzene rings is 4. The largest absolute Gasteiger partial charge is 0.325 e. The zero-order chi connectivity index (χ0) is 25.5. The standard InChI is InChI=1S/C28H25ClN2O3S2/c1-21-26(29)13-8-14-27(21)31(36(33,34)25-11-6-3-7-12-25)19-28(32)30-23-17-15-22(16-18-23)20-35-24-9-4-2-5-10-24/h2-18H,19-20H2,1H3,(H,30,32). The summed E-state index contributed by atoms with van der Waals surface area (Å²) in [4.78, 5) is 14.3. The molecule has 0 heterocycles. The second kappa shape index (κ2) is 11.6. The molecule has 1 N–H and O–H groups in total. The number of sulfonamides is 1. The van der Waals surface area contributed by atoms with Gasteiger partial charge in [0.2, 0.25) is 5.91 Å². The Bertz CT molecular complexity index is 1430. The maximum absolute atomic E-state index is 13.5. The second-order valence-corrected chi connectivity index (χ2v) is 11.4. The lowest BCUT2D eigenvalue weighted by Gasteiger charge is -2.26. The van der Waals surface area contributed by atoms with Crippen molar-refractivity contribution in [3.05, 3.63) is 119 Å². The van der Waals surface area contributed by atoms with Crippen molar-refractivity contribution in [2.75, 3.05) is 16.2 Å². The van der Waals surface area contributed by atoms with Crippen LogP contribution in [0, 0.1) is 6.92 Å². The van der Waals surface area contributed by atoms with E-state index < -0.39 is 22.5 Å². The Morgan fingerprint density at radius 2 is 1.50 bits per heavy atom. The number of carbonyl (C=O) groups is 1. The molecule has 0 unspecified atom stereocenters. The Labute approximate surface area is 221 Å². The average molecular weight is 537 g/mol. The number of halogens is 1. The third kappa shape index (κ3) is 6.29. The van der Waals surface area contributed by atoms with Gasteiger partial charge in [0.25, 0.3) is 10.0 Å². The molecular weight excluding hydrogens is 512 g/mol. The summed E-state index contributed by atoms with van der Waals surface area (Å²) >= 11 is 8.01. The zero-order valence-electron chi connectivity index (χ0n) is 19.6. The zero-order valence-corrected chi connectivity index (χ0v) is 22.0. The number of hydrogen-bond donors (Lipinski definition) is 1. The highest BCUT2D eigenvalue weighted by Gasteiger charge is 2.28. The summed E-state index contributed by atoms with van der Waals surface area (Å²) in [5.41, 5.74) is 2.64. The van der Waals surface area contributed by atoms with E-state index >= 15 is 0 Å². The minimum atomic E-state index is -4.01. The molecule has 36 heavy (non-hydrogen) atoms. The summed E-state index contributed by atoms with van der Waals surface area (Å²) in [6, 6.07) is 30.7. The first-order valence-electron chi connectivity index (χ1n) is 11.2. The number of thioether (sulfide) groups is 1. The van der Waals surface area contributed by atoms with Crippen molar-refractivity contribution in [1.82, 2.24) is 0 Å². The van der Waals surface area contributed by atoms with Crippen LogP contribution in [-0.4, -0.2) is 20.9 Å². The molecule has 4 aromatic rings. The Kier molecular flexibility index (Phi) is 8.36. The van der Waals surface area contributed by atoms with Gasteiger partial charge >= 0.3 is 0 Å². The highest BCUT2D eigenvalue weighted by molar-refractivity contribution is 7.98. The molecule has 0 bridgehead atoms. The van der Waals surface area contributed by atoms with Gasteiger partial charge in [-0.05, 0) is 66.6 Å². The summed E-state index contributed by atoms with van der Waals surface area (Å²) in [7, 11) is -4.01. The first-order valence-corrected chi connectivity index (χ1v) is 14.0. The molecule has 0 aliphatic heterocycles. The number of hydrogen-bond acceptors (Lipinski definition) is 4. The van der Waals surface area contributed by atoms with Crippen LogP contribution in [0.1, 0.15) is 11.1 Å². The van der Waals surface area contributed by atoms with Crippen LogP contribution in [0.15, 0.2) is 113 Å². The van der Waals surface area contributed by atoms with E-state index in [9.17, 15) is 13.2 Å². The molecule has 0 atom stereocenters. The highest BCUT2D eigenvalue weighted by Crippen LogP contribution is 2.31. The first kappa shape index (κ1) is 25.8. The van der Waals surface area contributed by atoms with Gasteiger partial charge in [0.05, 0.1) is 10.6 Å². The molecule has 0 radical (unpaired) electrons. The third-order valence-electron chi connectivity index (χ3n) is 5.51. The topological polar surface area (TPSA) is 66.5 Å². The molecule has 0 aliphatic carbocycles. The van der Waals surface area contributed by atoms with Crippen LogP contribution in [0.4, 0.5) is 11.4 Å². The minimum absolute atomic E-state index is 0.0949. The summed E-state index contributed by atoms with van der Waals surface area (Å²) < 4.78 is 28.1. The molecule has 1 amide bonds. The van der Waals surface area contributed by atoms with Crippen molar-refractivity contribution in [3.8, 4) is 0 Å². The van der Waals surface area contributed by atoms with E-state index in [0.717, 1.165) is 15.6 Å². The number of anilines is 2. The van der Waals surface area contributed by atoms with Gasteiger partial charge < -0.3 is 5.32 Å². The van der Waals surface area contributed by atoms with Crippen LogP contribution in [0.3, 0.4) is 0 Å². The van der Waals surface area contributed by atoms with Gasteiger partial charge in [-0.1, -0.05) is 66.2 Å². The van der Waals surface area contributed by atoms with Crippen LogP contribution in [-0.2, 0) is 20.6 Å². The average Bonchev–Trinajstić information content (AvgIpc) is 2.90. The molecule has 0 fully saturated rings. The van der Waals surface area contributed by atoms with Crippen molar-refractivity contribution < 1.29 is 13.2 Å². The van der Waals surface area contributed by atoms with Crippen LogP contribution < -0.4 is 9.62 Å². The van der Waals surface area contributed by atoms with E-state index in [1.54, 1.807) is 55.1 Å². The number of nitrogens with one attached hydrogen (secondary N) is 1. The van der Waals surface area contributed by atoms with Gasteiger partial charge in [-0.15, -0.1) is 11.8 Å². The van der Waals surface area contributed by atoms with Crippen molar-refractivity contribution in [1.29, 1.82) is 0 Å². The maximum Gasteiger partial charge on any atom is 0.264 e. The van der Waals surface area contributed by atoms with Gasteiger partial charge in [0.1, 0.15) is 6.54 Å². The number of carbonyl (C=O) groups excluding carboxylic acids is 1. The molecule has 4 aromatic carbocycles. The first-order chi connectivity index (χ1) is 17.3. The van der Waals surface area contributed by atoms with Gasteiger partial charge in [0.15, 0.2) is 0 Å². The Morgan fingerprint density at radius 3 is 2.17 bits per heavy atom. The molecule has 0 saturated carbocycles. The number of rotatable bonds is 9. The Balaban J connectivity index is 1.50. The molecule has 0 saturated heterocycles. The van der Waals surface area contributed by atoms with Crippen molar-refractivity contribution in [2.24, 2.45) is 0 Å². The predicted molar refractivity (Wildman–Crippen MR) is 148 cm³/mol. The van der Waals surface area contributed by atoms with Crippen LogP contribution in [0.5, 0.6) is 0 Å². The Morgan fingerprint density at radius 1 is 0.861 bits per heavy atom. The van der Waals surface area contributed by atoms with E-state index in [-0.39, 0.29) is 4.90 Å². The summed E-state index contributed by atoms with van der Waals surface area (Å²) in [6.45, 7) is 1.33. The molecular formula is C28H25ClN2O3S2. The van der Waals surface area contributed by atoms with Gasteiger partial charge in [-0.3, -0.25) is 9.10 Å². The molecule has 0 aromatic heterocycles. The van der Waals surface area contributed by atoms with Crippen molar-refractivity contribution >= 4 is 50.7 Å². The highest BCUT2D eigenvalue weighted by atomic mass is 35.5. The number of amides is 1. The maximum atomic E-state index is 13.5. The molecule has 0 spiro atoms. The Hall–Kier alpha value is -3.26. The molecule has 8 heteroatoms. The second-order valence-electron chi connectivity index (χ2n) is 8.06. The normalized spacial score (nSPS) is 11.2. The lowest BCUT2D eigenvalue weighted by molar-refractivity contribution is -0.114. The van der Waals surface area contributed by atoms with Gasteiger partial charge in [0, 0.05) is 21.4 Å². The van der Waals surface area contributed by atoms with Crippen LogP contribution in [0.2, 0.25) is 5.02 Å². The minimum Gasteiger partial charge on any atom is -0.325 e. The van der Waals surface area contributed by atoms with Gasteiger partial charge in [-0.25, -0.2) is 8.42 Å². The summed E-state index contributed by atoms with van der Waals surface area (Å²) in [5, 5.41) is 3.24. The fourth-order valence-corrected chi connectivity index (χ4v) is 6.13. The summed E-state index contributed by atoms with van der Waals surface area (Å²) in [6.07, 6.45) is 0. The predicted octanol–water partition coefficient (Wildman–Crippen LogP) is 6.77. The third-order valence-corrected chi connectivity index (χ3v) is 8.78. The fourth-order valence-electron chi connectivity index (χ4n) is 3.58. The van der Waals surface area contributed by atoms with Crippen LogP contribution in [0.25, 0.3) is 0 Å². The van der Waals surface area contributed by atoms with Gasteiger partial charge in [-0.2, -0.15) is 0 Å². The monoisotopic (exact) mass is 536 g/mol. The number of nitrogens with zero attached hydrogens (tertiary/aromatic N) is 1. The molecule has 0 aliphatic rings. The lowest BCUT2D eigenvalue weighted by atomic mass is 10.2. The van der Waals surface area contributed by atoms with Crippen LogP contribution >= 0.6 is 23.4 Å². The fraction of sp³-hybridized carbons (Fsp3) is 0.107. The molecule has 184 valence electrons. The van der Waals surface area contributed by atoms with E-state index in [2.05, 4.69) is 17.4 Å². The van der Waals surface area contributed by atoms with Crippen molar-refractivity contribution in [2.45, 2.75) is 22.5 Å². The quantitative estimate of drug-likeness (QED) is 0.240. The lowest BCUT2D eigenvalue weighted by Crippen LogP contribution is -2.38. The van der Waals surface area contributed by atoms with E-state index in [1.807, 2.05) is 42.5 Å². The van der Waals surface area contributed by atoms with E-state index in [0.29, 0.717) is 22.0 Å². The van der Waals surface area contributed by atoms with E-state index in [1.165, 1.54) is 17.0 Å².